The van der Waals surface area contributed by atoms with E-state index in [1.807, 2.05) is 0 Å². The summed E-state index contributed by atoms with van der Waals surface area (Å²) in [4.78, 5) is 8.09. The smallest absolute Gasteiger partial charge is 0.168 e. The number of allylic oxidation sites excluding steroid dienone is 1. The summed E-state index contributed by atoms with van der Waals surface area (Å²) in [7, 11) is 0. The van der Waals surface area contributed by atoms with Gasteiger partial charge in [0.25, 0.3) is 0 Å². The molecule has 0 aliphatic heterocycles. The summed E-state index contributed by atoms with van der Waals surface area (Å²) in [6.45, 7) is 0.884. The first-order valence-corrected chi connectivity index (χ1v) is 5.34. The molecule has 80 valence electrons. The molecule has 0 atom stereocenters. The minimum atomic E-state index is 0.470. The number of anilines is 2. The average Bonchev–Trinajstić information content (AvgIpc) is 2.74. The van der Waals surface area contributed by atoms with E-state index in [1.54, 1.807) is 18.0 Å². The second-order valence-electron chi connectivity index (χ2n) is 3.72. The molecular formula is C11H16N4. The molecule has 4 heteroatoms. The molecule has 0 spiro atoms. The fourth-order valence-corrected chi connectivity index (χ4v) is 1.79. The molecule has 1 aliphatic carbocycles. The van der Waals surface area contributed by atoms with Crippen molar-refractivity contribution in [1.29, 1.82) is 0 Å². The van der Waals surface area contributed by atoms with Crippen molar-refractivity contribution < 1.29 is 0 Å². The van der Waals surface area contributed by atoms with Crippen molar-refractivity contribution in [3.05, 3.63) is 24.0 Å². The van der Waals surface area contributed by atoms with Crippen molar-refractivity contribution in [3.8, 4) is 0 Å². The van der Waals surface area contributed by atoms with Gasteiger partial charge in [-0.2, -0.15) is 0 Å². The molecule has 1 aromatic heterocycles. The molecular weight excluding hydrogens is 188 g/mol. The number of nitrogens with one attached hydrogen (secondary N) is 1. The summed E-state index contributed by atoms with van der Waals surface area (Å²) >= 11 is 0. The van der Waals surface area contributed by atoms with Gasteiger partial charge in [0, 0.05) is 18.9 Å². The Morgan fingerprint density at radius 3 is 2.93 bits per heavy atom. The van der Waals surface area contributed by atoms with Crippen LogP contribution in [0.5, 0.6) is 0 Å². The third kappa shape index (κ3) is 2.68. The predicted molar refractivity (Wildman–Crippen MR) is 61.5 cm³/mol. The van der Waals surface area contributed by atoms with Gasteiger partial charge in [-0.1, -0.05) is 11.6 Å². The third-order valence-corrected chi connectivity index (χ3v) is 2.60. The summed E-state index contributed by atoms with van der Waals surface area (Å²) in [5.74, 6) is 1.16. The van der Waals surface area contributed by atoms with Crippen molar-refractivity contribution in [1.82, 2.24) is 9.97 Å². The molecule has 0 saturated carbocycles. The molecule has 0 bridgehead atoms. The maximum Gasteiger partial charge on any atom is 0.168 e. The van der Waals surface area contributed by atoms with Gasteiger partial charge in [-0.3, -0.25) is 0 Å². The average molecular weight is 204 g/mol. The highest BCUT2D eigenvalue weighted by Gasteiger charge is 2.04. The lowest BCUT2D eigenvalue weighted by Crippen LogP contribution is -2.07. The zero-order valence-corrected chi connectivity index (χ0v) is 8.74. The lowest BCUT2D eigenvalue weighted by atomic mass is 10.2. The van der Waals surface area contributed by atoms with Crippen LogP contribution in [-0.2, 0) is 0 Å². The van der Waals surface area contributed by atoms with Gasteiger partial charge in [-0.25, -0.2) is 9.97 Å². The summed E-state index contributed by atoms with van der Waals surface area (Å²) in [6, 6.07) is 0. The Morgan fingerprint density at radius 2 is 2.20 bits per heavy atom. The van der Waals surface area contributed by atoms with E-state index in [4.69, 9.17) is 5.73 Å². The topological polar surface area (TPSA) is 63.8 Å². The minimum Gasteiger partial charge on any atom is -0.381 e. The van der Waals surface area contributed by atoms with E-state index in [2.05, 4.69) is 21.4 Å². The van der Waals surface area contributed by atoms with Gasteiger partial charge in [0.2, 0.25) is 0 Å². The van der Waals surface area contributed by atoms with Gasteiger partial charge < -0.3 is 11.1 Å². The summed E-state index contributed by atoms with van der Waals surface area (Å²) < 4.78 is 0. The van der Waals surface area contributed by atoms with Crippen molar-refractivity contribution in [2.24, 2.45) is 0 Å². The molecule has 0 fully saturated rings. The van der Waals surface area contributed by atoms with Crippen molar-refractivity contribution in [3.63, 3.8) is 0 Å². The fraction of sp³-hybridized carbons (Fsp3) is 0.455. The molecule has 0 aromatic carbocycles. The summed E-state index contributed by atoms with van der Waals surface area (Å²) in [6.07, 6.45) is 10.5. The van der Waals surface area contributed by atoms with Crippen LogP contribution in [0.15, 0.2) is 24.0 Å². The quantitative estimate of drug-likeness (QED) is 0.736. The van der Waals surface area contributed by atoms with E-state index >= 15 is 0 Å². The van der Waals surface area contributed by atoms with E-state index in [0.29, 0.717) is 11.6 Å². The zero-order valence-electron chi connectivity index (χ0n) is 8.74. The van der Waals surface area contributed by atoms with E-state index in [1.165, 1.54) is 19.3 Å². The number of rotatable bonds is 4. The lowest BCUT2D eigenvalue weighted by molar-refractivity contribution is 0.861. The number of nitrogens with zero attached hydrogens (tertiary/aromatic N) is 2. The van der Waals surface area contributed by atoms with E-state index in [9.17, 15) is 0 Å². The van der Waals surface area contributed by atoms with Crippen LogP contribution < -0.4 is 11.1 Å². The Bertz CT molecular complexity index is 359. The zero-order chi connectivity index (χ0) is 10.5. The molecule has 2 rings (SSSR count). The molecule has 0 amide bonds. The maximum atomic E-state index is 5.66. The largest absolute Gasteiger partial charge is 0.381 e. The molecule has 0 saturated heterocycles. The molecule has 1 aromatic rings. The predicted octanol–water partition coefficient (Wildman–Crippen LogP) is 1.97. The van der Waals surface area contributed by atoms with E-state index in [-0.39, 0.29) is 0 Å². The highest BCUT2D eigenvalue weighted by atomic mass is 15.0. The number of nitrogen functional groups attached to an aromatic ring is 1. The second kappa shape index (κ2) is 4.77. The van der Waals surface area contributed by atoms with Crippen molar-refractivity contribution in [2.45, 2.75) is 25.7 Å². The van der Waals surface area contributed by atoms with Crippen LogP contribution >= 0.6 is 0 Å². The Labute approximate surface area is 89.6 Å². The molecule has 1 heterocycles. The minimum absolute atomic E-state index is 0.470. The fourth-order valence-electron chi connectivity index (χ4n) is 1.79. The van der Waals surface area contributed by atoms with Gasteiger partial charge in [0.15, 0.2) is 11.6 Å². The summed E-state index contributed by atoms with van der Waals surface area (Å²) in [5, 5.41) is 3.20. The molecule has 3 N–H and O–H groups in total. The monoisotopic (exact) mass is 204 g/mol. The van der Waals surface area contributed by atoms with Crippen LogP contribution in [0.25, 0.3) is 0 Å². The van der Waals surface area contributed by atoms with Gasteiger partial charge in [-0.05, 0) is 25.7 Å². The maximum absolute atomic E-state index is 5.66. The molecule has 0 radical (unpaired) electrons. The third-order valence-electron chi connectivity index (χ3n) is 2.60. The van der Waals surface area contributed by atoms with Crippen LogP contribution in [0.2, 0.25) is 0 Å². The second-order valence-corrected chi connectivity index (χ2v) is 3.72. The summed E-state index contributed by atoms with van der Waals surface area (Å²) in [5.41, 5.74) is 7.21. The van der Waals surface area contributed by atoms with Gasteiger partial charge in [0.05, 0.1) is 0 Å². The number of nitrogens with two attached hydrogens (primary N) is 1. The first-order valence-electron chi connectivity index (χ1n) is 5.34. The standard InChI is InChI=1S/C11H16N4/c12-10-11(15-8-7-13-10)14-6-5-9-3-1-2-4-9/h3,7-8H,1-2,4-6H2,(H2,12,13)(H,14,15). The van der Waals surface area contributed by atoms with Crippen LogP contribution in [-0.4, -0.2) is 16.5 Å². The lowest BCUT2D eigenvalue weighted by Gasteiger charge is -2.07. The van der Waals surface area contributed by atoms with Gasteiger partial charge in [-0.15, -0.1) is 0 Å². The Hall–Kier alpha value is -1.58. The van der Waals surface area contributed by atoms with Gasteiger partial charge >= 0.3 is 0 Å². The molecule has 1 aliphatic rings. The number of hydrogen-bond donors (Lipinski definition) is 2. The Morgan fingerprint density at radius 1 is 1.33 bits per heavy atom. The SMILES string of the molecule is Nc1nccnc1NCCC1=CCCC1. The Kier molecular flexibility index (Phi) is 3.17. The van der Waals surface area contributed by atoms with Crippen molar-refractivity contribution >= 4 is 11.6 Å². The highest BCUT2D eigenvalue weighted by Crippen LogP contribution is 2.20. The van der Waals surface area contributed by atoms with Gasteiger partial charge in [0.1, 0.15) is 0 Å². The van der Waals surface area contributed by atoms with Crippen LogP contribution in [0.3, 0.4) is 0 Å². The van der Waals surface area contributed by atoms with E-state index in [0.717, 1.165) is 13.0 Å². The van der Waals surface area contributed by atoms with Crippen molar-refractivity contribution in [2.75, 3.05) is 17.6 Å². The number of aromatic nitrogens is 2. The molecule has 15 heavy (non-hydrogen) atoms. The van der Waals surface area contributed by atoms with E-state index < -0.39 is 0 Å². The highest BCUT2D eigenvalue weighted by molar-refractivity contribution is 5.54. The molecule has 4 nitrogen and oxygen atoms in total. The first-order chi connectivity index (χ1) is 7.36. The molecule has 0 unspecified atom stereocenters. The van der Waals surface area contributed by atoms with Crippen LogP contribution in [0.4, 0.5) is 11.6 Å². The van der Waals surface area contributed by atoms with Crippen LogP contribution in [0.1, 0.15) is 25.7 Å². The normalized spacial score (nSPS) is 15.1. The first kappa shape index (κ1) is 9.96. The Balaban J connectivity index is 1.80. The van der Waals surface area contributed by atoms with Crippen LogP contribution in [0, 0.1) is 0 Å². The number of hydrogen-bond acceptors (Lipinski definition) is 4.